The van der Waals surface area contributed by atoms with Gasteiger partial charge in [-0.25, -0.2) is 9.78 Å². The van der Waals surface area contributed by atoms with Crippen LogP contribution in [0.1, 0.15) is 62.4 Å². The molecule has 0 bridgehead atoms. The number of hydrogen-bond donors (Lipinski definition) is 1. The van der Waals surface area contributed by atoms with Gasteiger partial charge in [-0.3, -0.25) is 0 Å². The molecule has 0 aliphatic heterocycles. The lowest BCUT2D eigenvalue weighted by molar-refractivity contribution is 0.0595. The summed E-state index contributed by atoms with van der Waals surface area (Å²) in [5.41, 5.74) is 6.44. The van der Waals surface area contributed by atoms with Crippen LogP contribution >= 0.6 is 0 Å². The Balaban J connectivity index is 2.39. The molecule has 20 heavy (non-hydrogen) atoms. The van der Waals surface area contributed by atoms with Crippen molar-refractivity contribution in [3.8, 4) is 0 Å². The smallest absolute Gasteiger partial charge is 0.360 e. The van der Waals surface area contributed by atoms with Crippen molar-refractivity contribution in [1.29, 1.82) is 0 Å². The fraction of sp³-hybridized carbons (Fsp3) is 0.733. The van der Waals surface area contributed by atoms with Crippen molar-refractivity contribution in [2.75, 3.05) is 12.8 Å². The average Bonchev–Trinajstić information content (AvgIpc) is 2.73. The van der Waals surface area contributed by atoms with E-state index in [2.05, 4.69) is 23.4 Å². The average molecular weight is 279 g/mol. The Kier molecular flexibility index (Phi) is 4.35. The maximum atomic E-state index is 11.7. The first-order valence-electron chi connectivity index (χ1n) is 7.42. The Labute approximate surface area is 120 Å². The van der Waals surface area contributed by atoms with E-state index in [1.165, 1.54) is 13.5 Å². The first-order valence-corrected chi connectivity index (χ1v) is 7.42. The fourth-order valence-electron chi connectivity index (χ4n) is 3.51. The minimum atomic E-state index is -0.451. The summed E-state index contributed by atoms with van der Waals surface area (Å²) in [5.74, 6) is 2.25. The number of nitrogens with two attached hydrogens (primary N) is 1. The topological polar surface area (TPSA) is 70.1 Å². The van der Waals surface area contributed by atoms with Gasteiger partial charge in [-0.15, -0.1) is 0 Å². The molecule has 1 aliphatic rings. The SMILES string of the molecule is CCc1nc(C(=O)OC)c(N)n1C1CC(C)CC(C)C1. The molecule has 0 saturated heterocycles. The summed E-state index contributed by atoms with van der Waals surface area (Å²) < 4.78 is 6.83. The van der Waals surface area contributed by atoms with Gasteiger partial charge in [0.1, 0.15) is 11.6 Å². The zero-order valence-corrected chi connectivity index (χ0v) is 12.8. The van der Waals surface area contributed by atoms with E-state index in [9.17, 15) is 4.79 Å². The zero-order chi connectivity index (χ0) is 14.9. The summed E-state index contributed by atoms with van der Waals surface area (Å²) in [7, 11) is 1.36. The van der Waals surface area contributed by atoms with Crippen LogP contribution in [0.5, 0.6) is 0 Å². The van der Waals surface area contributed by atoms with Crippen molar-refractivity contribution < 1.29 is 9.53 Å². The number of nitrogen functional groups attached to an aromatic ring is 1. The number of carbonyl (C=O) groups is 1. The third kappa shape index (κ3) is 2.67. The van der Waals surface area contributed by atoms with Crippen LogP contribution in [-0.4, -0.2) is 22.6 Å². The summed E-state index contributed by atoms with van der Waals surface area (Å²) in [4.78, 5) is 16.1. The molecular formula is C15H25N3O2. The highest BCUT2D eigenvalue weighted by Gasteiger charge is 2.30. The van der Waals surface area contributed by atoms with Gasteiger partial charge in [0.05, 0.1) is 7.11 Å². The number of esters is 1. The number of methoxy groups -OCH3 is 1. The van der Waals surface area contributed by atoms with Gasteiger partial charge in [-0.1, -0.05) is 20.8 Å². The Hall–Kier alpha value is -1.52. The Morgan fingerprint density at radius 1 is 1.35 bits per heavy atom. The molecular weight excluding hydrogens is 254 g/mol. The number of nitrogens with zero attached hydrogens (tertiary/aromatic N) is 2. The van der Waals surface area contributed by atoms with Crippen LogP contribution in [0.3, 0.4) is 0 Å². The zero-order valence-electron chi connectivity index (χ0n) is 12.8. The number of imidazole rings is 1. The van der Waals surface area contributed by atoms with Gasteiger partial charge < -0.3 is 15.0 Å². The molecule has 0 spiro atoms. The van der Waals surface area contributed by atoms with E-state index in [0.717, 1.165) is 25.1 Å². The van der Waals surface area contributed by atoms with Gasteiger partial charge in [-0.2, -0.15) is 0 Å². The van der Waals surface area contributed by atoms with Gasteiger partial charge in [0, 0.05) is 12.5 Å². The third-order valence-corrected chi connectivity index (χ3v) is 4.23. The normalized spacial score (nSPS) is 26.5. The second-order valence-electron chi connectivity index (χ2n) is 6.05. The van der Waals surface area contributed by atoms with E-state index in [1.54, 1.807) is 0 Å². The summed E-state index contributed by atoms with van der Waals surface area (Å²) >= 11 is 0. The summed E-state index contributed by atoms with van der Waals surface area (Å²) in [5, 5.41) is 0. The van der Waals surface area contributed by atoms with Crippen LogP contribution in [0.2, 0.25) is 0 Å². The van der Waals surface area contributed by atoms with Crippen LogP contribution in [0.4, 0.5) is 5.82 Å². The Morgan fingerprint density at radius 3 is 2.45 bits per heavy atom. The maximum Gasteiger partial charge on any atom is 0.360 e. The second kappa shape index (κ2) is 5.85. The van der Waals surface area contributed by atoms with E-state index in [-0.39, 0.29) is 5.69 Å². The van der Waals surface area contributed by atoms with Crippen molar-refractivity contribution in [2.45, 2.75) is 52.5 Å². The molecule has 0 amide bonds. The van der Waals surface area contributed by atoms with E-state index in [0.29, 0.717) is 23.7 Å². The molecule has 5 heteroatoms. The molecule has 1 heterocycles. The first-order chi connectivity index (χ1) is 9.47. The van der Waals surface area contributed by atoms with Gasteiger partial charge in [-0.05, 0) is 31.1 Å². The van der Waals surface area contributed by atoms with Gasteiger partial charge in [0.2, 0.25) is 0 Å². The molecule has 0 aromatic carbocycles. The molecule has 2 rings (SSSR count). The van der Waals surface area contributed by atoms with E-state index in [4.69, 9.17) is 10.5 Å². The number of aryl methyl sites for hydroxylation is 1. The number of anilines is 1. The maximum absolute atomic E-state index is 11.7. The highest BCUT2D eigenvalue weighted by Crippen LogP contribution is 2.38. The molecule has 1 fully saturated rings. The van der Waals surface area contributed by atoms with Crippen LogP contribution < -0.4 is 5.73 Å². The van der Waals surface area contributed by atoms with Crippen molar-refractivity contribution >= 4 is 11.8 Å². The largest absolute Gasteiger partial charge is 0.464 e. The minimum absolute atomic E-state index is 0.259. The van der Waals surface area contributed by atoms with Crippen molar-refractivity contribution in [3.05, 3.63) is 11.5 Å². The third-order valence-electron chi connectivity index (χ3n) is 4.23. The Bertz CT molecular complexity index is 486. The van der Waals surface area contributed by atoms with E-state index < -0.39 is 5.97 Å². The van der Waals surface area contributed by atoms with Gasteiger partial charge in [0.15, 0.2) is 5.69 Å². The first kappa shape index (κ1) is 14.9. The summed E-state index contributed by atoms with van der Waals surface area (Å²) in [6, 6.07) is 0.342. The number of aromatic nitrogens is 2. The standard InChI is InChI=1S/C15H25N3O2/c1-5-12-17-13(15(19)20-4)14(16)18(12)11-7-9(2)6-10(3)8-11/h9-11H,5-8,16H2,1-4H3. The summed E-state index contributed by atoms with van der Waals surface area (Å²) in [6.07, 6.45) is 4.22. The number of rotatable bonds is 3. The molecule has 2 atom stereocenters. The molecule has 0 radical (unpaired) electrons. The predicted octanol–water partition coefficient (Wildman–Crippen LogP) is 2.81. The molecule has 112 valence electrons. The van der Waals surface area contributed by atoms with E-state index >= 15 is 0 Å². The van der Waals surface area contributed by atoms with Crippen LogP contribution in [-0.2, 0) is 11.2 Å². The van der Waals surface area contributed by atoms with Crippen LogP contribution in [0.15, 0.2) is 0 Å². The highest BCUT2D eigenvalue weighted by molar-refractivity contribution is 5.92. The molecule has 1 aromatic heterocycles. The van der Waals surface area contributed by atoms with E-state index in [1.807, 2.05) is 6.92 Å². The molecule has 5 nitrogen and oxygen atoms in total. The lowest BCUT2D eigenvalue weighted by atomic mass is 9.80. The molecule has 2 N–H and O–H groups in total. The van der Waals surface area contributed by atoms with Gasteiger partial charge in [0.25, 0.3) is 0 Å². The molecule has 2 unspecified atom stereocenters. The minimum Gasteiger partial charge on any atom is -0.464 e. The van der Waals surface area contributed by atoms with Gasteiger partial charge >= 0.3 is 5.97 Å². The number of carbonyl (C=O) groups excluding carboxylic acids is 1. The number of ether oxygens (including phenoxy) is 1. The molecule has 1 saturated carbocycles. The molecule has 1 aromatic rings. The number of hydrogen-bond acceptors (Lipinski definition) is 4. The predicted molar refractivity (Wildman–Crippen MR) is 78.6 cm³/mol. The quantitative estimate of drug-likeness (QED) is 0.864. The van der Waals surface area contributed by atoms with Crippen LogP contribution in [0.25, 0.3) is 0 Å². The highest BCUT2D eigenvalue weighted by atomic mass is 16.5. The van der Waals surface area contributed by atoms with Crippen LogP contribution in [0, 0.1) is 11.8 Å². The monoisotopic (exact) mass is 279 g/mol. The Morgan fingerprint density at radius 2 is 1.95 bits per heavy atom. The lowest BCUT2D eigenvalue weighted by Gasteiger charge is -2.33. The lowest BCUT2D eigenvalue weighted by Crippen LogP contribution is -2.25. The fourth-order valence-corrected chi connectivity index (χ4v) is 3.51. The van der Waals surface area contributed by atoms with Crippen molar-refractivity contribution in [1.82, 2.24) is 9.55 Å². The van der Waals surface area contributed by atoms with Crippen molar-refractivity contribution in [2.24, 2.45) is 11.8 Å². The molecule has 1 aliphatic carbocycles. The summed E-state index contributed by atoms with van der Waals surface area (Å²) in [6.45, 7) is 6.60. The van der Waals surface area contributed by atoms with Crippen molar-refractivity contribution in [3.63, 3.8) is 0 Å². The second-order valence-corrected chi connectivity index (χ2v) is 6.05.